The summed E-state index contributed by atoms with van der Waals surface area (Å²) in [4.78, 5) is 36.3. The van der Waals surface area contributed by atoms with Gasteiger partial charge in [0.1, 0.15) is 23.0 Å². The number of esters is 1. The van der Waals surface area contributed by atoms with Gasteiger partial charge in [-0.15, -0.1) is 0 Å². The topological polar surface area (TPSA) is 94.8 Å². The van der Waals surface area contributed by atoms with Crippen LogP contribution in [0.25, 0.3) is 11.0 Å². The van der Waals surface area contributed by atoms with E-state index < -0.39 is 29.3 Å². The minimum absolute atomic E-state index is 0.239. The first kappa shape index (κ1) is 22.5. The van der Waals surface area contributed by atoms with Crippen LogP contribution in [0, 0.1) is 0 Å². The summed E-state index contributed by atoms with van der Waals surface area (Å²) in [5.41, 5.74) is 0.165. The van der Waals surface area contributed by atoms with Gasteiger partial charge >= 0.3 is 17.7 Å². The molecule has 7 heteroatoms. The number of benzene rings is 1. The third kappa shape index (κ3) is 6.62. The molecule has 0 saturated heterocycles. The second-order valence-corrected chi connectivity index (χ2v) is 7.88. The number of ether oxygens (including phenoxy) is 2. The molecule has 1 aromatic carbocycles. The van der Waals surface area contributed by atoms with Gasteiger partial charge in [0.25, 0.3) is 0 Å². The highest BCUT2D eigenvalue weighted by Gasteiger charge is 2.24. The van der Waals surface area contributed by atoms with Crippen molar-refractivity contribution in [1.82, 2.24) is 5.32 Å². The third-order valence-corrected chi connectivity index (χ3v) is 4.20. The minimum atomic E-state index is -0.858. The zero-order valence-electron chi connectivity index (χ0n) is 17.7. The van der Waals surface area contributed by atoms with Gasteiger partial charge in [0.2, 0.25) is 0 Å². The number of fused-ring (bicyclic) bond motifs is 1. The van der Waals surface area contributed by atoms with Crippen LogP contribution >= 0.6 is 0 Å². The lowest BCUT2D eigenvalue weighted by atomic mass is 10.0. The van der Waals surface area contributed by atoms with Crippen LogP contribution < -0.4 is 15.7 Å². The van der Waals surface area contributed by atoms with Gasteiger partial charge < -0.3 is 19.2 Å². The number of alkyl carbamates (subject to hydrolysis) is 1. The van der Waals surface area contributed by atoms with E-state index in [2.05, 4.69) is 12.2 Å². The van der Waals surface area contributed by atoms with E-state index in [1.165, 1.54) is 12.1 Å². The zero-order valence-corrected chi connectivity index (χ0v) is 17.7. The van der Waals surface area contributed by atoms with E-state index in [9.17, 15) is 14.4 Å². The molecule has 0 fully saturated rings. The Kier molecular flexibility index (Phi) is 7.42. The maximum Gasteiger partial charge on any atom is 0.408 e. The Morgan fingerprint density at radius 1 is 1.17 bits per heavy atom. The molecule has 1 heterocycles. The molecule has 0 radical (unpaired) electrons. The van der Waals surface area contributed by atoms with Gasteiger partial charge in [-0.3, -0.25) is 0 Å². The van der Waals surface area contributed by atoms with E-state index in [-0.39, 0.29) is 5.75 Å². The lowest BCUT2D eigenvalue weighted by molar-refractivity contribution is -0.136. The molecule has 0 unspecified atom stereocenters. The van der Waals surface area contributed by atoms with Gasteiger partial charge in [-0.05, 0) is 57.7 Å². The zero-order chi connectivity index (χ0) is 21.6. The van der Waals surface area contributed by atoms with Gasteiger partial charge in [0, 0.05) is 17.5 Å². The predicted molar refractivity (Wildman–Crippen MR) is 110 cm³/mol. The van der Waals surface area contributed by atoms with E-state index in [0.29, 0.717) is 12.0 Å². The highest BCUT2D eigenvalue weighted by Crippen LogP contribution is 2.24. The largest absolute Gasteiger partial charge is 0.444 e. The first-order chi connectivity index (χ1) is 13.6. The molecule has 0 saturated carbocycles. The number of carbonyl (C=O) groups excluding carboxylic acids is 2. The number of hydrogen-bond donors (Lipinski definition) is 1. The quantitative estimate of drug-likeness (QED) is 0.420. The molecule has 7 nitrogen and oxygen atoms in total. The second kappa shape index (κ2) is 9.58. The number of carbonyl (C=O) groups is 2. The molecule has 0 aliphatic heterocycles. The highest BCUT2D eigenvalue weighted by molar-refractivity contribution is 5.85. The van der Waals surface area contributed by atoms with Gasteiger partial charge in [-0.1, -0.05) is 20.3 Å². The average Bonchev–Trinajstić information content (AvgIpc) is 2.62. The Morgan fingerprint density at radius 3 is 2.52 bits per heavy atom. The van der Waals surface area contributed by atoms with E-state index in [1.54, 1.807) is 39.8 Å². The Morgan fingerprint density at radius 2 is 1.90 bits per heavy atom. The molecule has 0 bridgehead atoms. The fraction of sp³-hybridized carbons (Fsp3) is 0.500. The van der Waals surface area contributed by atoms with Crippen molar-refractivity contribution in [2.24, 2.45) is 0 Å². The van der Waals surface area contributed by atoms with Gasteiger partial charge in [-0.2, -0.15) is 0 Å². The van der Waals surface area contributed by atoms with Crippen molar-refractivity contribution < 1.29 is 23.5 Å². The lowest BCUT2D eigenvalue weighted by Crippen LogP contribution is -2.44. The number of rotatable bonds is 7. The molecule has 1 amide bonds. The molecule has 2 aromatic rings. The minimum Gasteiger partial charge on any atom is -0.444 e. The van der Waals surface area contributed by atoms with Crippen LogP contribution in [0.5, 0.6) is 5.75 Å². The highest BCUT2D eigenvalue weighted by atomic mass is 16.6. The maximum atomic E-state index is 12.5. The standard InChI is InChI=1S/C22H29NO6/c1-6-8-9-14-12-19(24)28-18-13-15(10-11-16(14)18)27-20(25)17(7-2)23-21(26)29-22(3,4)5/h10-13,17H,6-9H2,1-5H3,(H,23,26)/t17-/m1/s1. The molecule has 2 rings (SSSR count). The van der Waals surface area contributed by atoms with Gasteiger partial charge in [0.15, 0.2) is 0 Å². The molecule has 0 aliphatic rings. The van der Waals surface area contributed by atoms with E-state index in [4.69, 9.17) is 13.9 Å². The van der Waals surface area contributed by atoms with Crippen molar-refractivity contribution in [3.8, 4) is 5.75 Å². The smallest absolute Gasteiger partial charge is 0.408 e. The summed E-state index contributed by atoms with van der Waals surface area (Å²) in [7, 11) is 0. The summed E-state index contributed by atoms with van der Waals surface area (Å²) in [6.07, 6.45) is 2.40. The van der Waals surface area contributed by atoms with Crippen LogP contribution in [0.2, 0.25) is 0 Å². The molecule has 0 aliphatic carbocycles. The van der Waals surface area contributed by atoms with Crippen LogP contribution in [-0.4, -0.2) is 23.7 Å². The SMILES string of the molecule is CCCCc1cc(=O)oc2cc(OC(=O)[C@@H](CC)NC(=O)OC(C)(C)C)ccc12. The van der Waals surface area contributed by atoms with Crippen molar-refractivity contribution in [2.75, 3.05) is 0 Å². The number of aryl methyl sites for hydroxylation is 1. The Labute approximate surface area is 170 Å². The van der Waals surface area contributed by atoms with E-state index in [0.717, 1.165) is 30.2 Å². The molecule has 1 atom stereocenters. The van der Waals surface area contributed by atoms with E-state index in [1.807, 2.05) is 0 Å². The normalized spacial score (nSPS) is 12.4. The van der Waals surface area contributed by atoms with Crippen molar-refractivity contribution in [1.29, 1.82) is 0 Å². The first-order valence-electron chi connectivity index (χ1n) is 9.91. The van der Waals surface area contributed by atoms with Crippen LogP contribution in [0.15, 0.2) is 33.5 Å². The number of hydrogen-bond acceptors (Lipinski definition) is 6. The maximum absolute atomic E-state index is 12.5. The molecular formula is C22H29NO6. The van der Waals surface area contributed by atoms with Crippen LogP contribution in [0.1, 0.15) is 59.4 Å². The number of unbranched alkanes of at least 4 members (excludes halogenated alkanes) is 1. The summed E-state index contributed by atoms with van der Waals surface area (Å²) >= 11 is 0. The molecule has 1 aromatic heterocycles. The summed E-state index contributed by atoms with van der Waals surface area (Å²) in [5, 5.41) is 3.33. The van der Waals surface area contributed by atoms with Crippen LogP contribution in [-0.2, 0) is 16.0 Å². The second-order valence-electron chi connectivity index (χ2n) is 7.88. The summed E-state index contributed by atoms with van der Waals surface area (Å²) in [6.45, 7) is 9.06. The molecular weight excluding hydrogens is 374 g/mol. The molecule has 0 spiro atoms. The van der Waals surface area contributed by atoms with Crippen molar-refractivity contribution in [3.05, 3.63) is 40.2 Å². The van der Waals surface area contributed by atoms with Gasteiger partial charge in [0.05, 0.1) is 0 Å². The predicted octanol–water partition coefficient (Wildman–Crippen LogP) is 4.34. The monoisotopic (exact) mass is 403 g/mol. The van der Waals surface area contributed by atoms with Gasteiger partial charge in [-0.25, -0.2) is 14.4 Å². The number of nitrogens with one attached hydrogen (secondary N) is 1. The lowest BCUT2D eigenvalue weighted by Gasteiger charge is -2.22. The molecule has 158 valence electrons. The first-order valence-corrected chi connectivity index (χ1v) is 9.91. The van der Waals surface area contributed by atoms with Crippen molar-refractivity contribution >= 4 is 23.0 Å². The Hall–Kier alpha value is -2.83. The third-order valence-electron chi connectivity index (χ3n) is 4.20. The fourth-order valence-electron chi connectivity index (χ4n) is 2.81. The summed E-state index contributed by atoms with van der Waals surface area (Å²) < 4.78 is 15.8. The fourth-order valence-corrected chi connectivity index (χ4v) is 2.81. The molecule has 1 N–H and O–H groups in total. The van der Waals surface area contributed by atoms with Crippen molar-refractivity contribution in [2.45, 2.75) is 71.9 Å². The Bertz CT molecular complexity index is 925. The number of amides is 1. The summed E-state index contributed by atoms with van der Waals surface area (Å²) in [6, 6.07) is 5.58. The van der Waals surface area contributed by atoms with Crippen LogP contribution in [0.3, 0.4) is 0 Å². The molecule has 29 heavy (non-hydrogen) atoms. The van der Waals surface area contributed by atoms with E-state index >= 15 is 0 Å². The Balaban J connectivity index is 2.16. The van der Waals surface area contributed by atoms with Crippen LogP contribution in [0.4, 0.5) is 4.79 Å². The summed E-state index contributed by atoms with van der Waals surface area (Å²) in [5.74, 6) is -0.384. The average molecular weight is 403 g/mol. The van der Waals surface area contributed by atoms with Crippen molar-refractivity contribution in [3.63, 3.8) is 0 Å².